The molecule has 1 saturated carbocycles. The molecular formula is C36H59N3O11S3. The van der Waals surface area contributed by atoms with Gasteiger partial charge in [0.1, 0.15) is 14.5 Å². The predicted molar refractivity (Wildman–Crippen MR) is 203 cm³/mol. The summed E-state index contributed by atoms with van der Waals surface area (Å²) in [6, 6.07) is 1.02. The zero-order chi connectivity index (χ0) is 39.0. The molecule has 0 unspecified atom stereocenters. The van der Waals surface area contributed by atoms with Gasteiger partial charge in [-0.05, 0) is 63.5 Å². The van der Waals surface area contributed by atoms with Crippen LogP contribution in [0.5, 0.6) is 0 Å². The highest BCUT2D eigenvalue weighted by Crippen LogP contribution is 2.42. The van der Waals surface area contributed by atoms with E-state index in [1.807, 2.05) is 19.1 Å². The Kier molecular flexibility index (Phi) is 19.0. The van der Waals surface area contributed by atoms with E-state index in [4.69, 9.17) is 14.2 Å². The number of likely N-dealkylation sites (N-methyl/N-ethyl adjacent to an activating group) is 1. The second kappa shape index (κ2) is 22.3. The third kappa shape index (κ3) is 13.8. The Morgan fingerprint density at radius 3 is 2.60 bits per heavy atom. The molecule has 1 aromatic rings. The number of thiophene rings is 1. The number of allylic oxidation sites excluding steroid dienone is 2. The molecule has 0 spiro atoms. The van der Waals surface area contributed by atoms with Gasteiger partial charge in [0, 0.05) is 76.7 Å². The van der Waals surface area contributed by atoms with Gasteiger partial charge in [-0.15, -0.1) is 11.3 Å². The minimum Gasteiger partial charge on any atom is -0.465 e. The van der Waals surface area contributed by atoms with Crippen LogP contribution in [0.2, 0.25) is 0 Å². The molecule has 0 bridgehead atoms. The number of sulfonamides is 2. The molecule has 0 amide bonds. The molecule has 3 rings (SSSR count). The van der Waals surface area contributed by atoms with Gasteiger partial charge in [0.25, 0.3) is 20.0 Å². The molecule has 17 heteroatoms. The third-order valence-corrected chi connectivity index (χ3v) is 14.9. The molecule has 6 atom stereocenters. The fourth-order valence-corrected chi connectivity index (χ4v) is 11.7. The molecule has 1 aromatic heterocycles. The first-order valence-electron chi connectivity index (χ1n) is 18.7. The van der Waals surface area contributed by atoms with Gasteiger partial charge < -0.3 is 29.7 Å². The SMILES string of the molecule is CCCC[C@H](O)CC[C@@H]1[C@@H](C/C=C\CCCC(=O)OCC/C=N/S(=O)(=O)c2cc3c(s2)S(=O)(=O)N(CCCOC)C[C@@H]3NCC)[C@@H](OC(C)=O)C[C@H]1O. The van der Waals surface area contributed by atoms with Crippen molar-refractivity contribution in [3.63, 3.8) is 0 Å². The van der Waals surface area contributed by atoms with Gasteiger partial charge in [0.15, 0.2) is 0 Å². The van der Waals surface area contributed by atoms with Crippen LogP contribution in [-0.4, -0.2) is 108 Å². The number of nitrogens with one attached hydrogen (secondary N) is 1. The number of aliphatic hydroxyl groups is 2. The van der Waals surface area contributed by atoms with Crippen molar-refractivity contribution in [3.05, 3.63) is 23.8 Å². The fourth-order valence-electron chi connectivity index (χ4n) is 6.91. The third-order valence-electron chi connectivity index (χ3n) is 9.59. The molecule has 14 nitrogen and oxygen atoms in total. The van der Waals surface area contributed by atoms with Crippen LogP contribution in [0.25, 0.3) is 0 Å². The summed E-state index contributed by atoms with van der Waals surface area (Å²) in [4.78, 5) is 24.0. The molecular weight excluding hydrogens is 747 g/mol. The van der Waals surface area contributed by atoms with Crippen molar-refractivity contribution in [1.82, 2.24) is 9.62 Å². The van der Waals surface area contributed by atoms with Gasteiger partial charge in [-0.1, -0.05) is 38.8 Å². The first kappa shape index (κ1) is 45.1. The number of rotatable bonds is 24. The summed E-state index contributed by atoms with van der Waals surface area (Å²) in [6.07, 6.45) is 10.5. The van der Waals surface area contributed by atoms with Crippen molar-refractivity contribution >= 4 is 49.5 Å². The van der Waals surface area contributed by atoms with E-state index in [-0.39, 0.29) is 70.9 Å². The van der Waals surface area contributed by atoms with E-state index in [1.54, 1.807) is 7.11 Å². The van der Waals surface area contributed by atoms with Gasteiger partial charge in [0.05, 0.1) is 18.8 Å². The van der Waals surface area contributed by atoms with Crippen LogP contribution in [0.1, 0.15) is 109 Å². The number of hydrogen-bond acceptors (Lipinski definition) is 13. The highest BCUT2D eigenvalue weighted by Gasteiger charge is 2.43. The maximum absolute atomic E-state index is 13.3. The van der Waals surface area contributed by atoms with E-state index < -0.39 is 38.2 Å². The highest BCUT2D eigenvalue weighted by molar-refractivity contribution is 7.94. The van der Waals surface area contributed by atoms with Crippen molar-refractivity contribution in [2.75, 3.05) is 40.0 Å². The normalized spacial score (nSPS) is 23.8. The number of esters is 2. The lowest BCUT2D eigenvalue weighted by molar-refractivity contribution is -0.148. The number of carbonyl (C=O) groups excluding carboxylic acids is 2. The van der Waals surface area contributed by atoms with E-state index >= 15 is 0 Å². The molecule has 3 N–H and O–H groups in total. The van der Waals surface area contributed by atoms with E-state index in [0.717, 1.165) is 25.5 Å². The Morgan fingerprint density at radius 1 is 1.13 bits per heavy atom. The number of methoxy groups -OCH3 is 1. The number of hydrogen-bond donors (Lipinski definition) is 3. The largest absolute Gasteiger partial charge is 0.465 e. The standard InChI is InChI=1S/C36H59N3O11S3/c1-5-7-14-27(41)17-18-28-29(33(24-32(28)42)50-26(3)40)15-10-8-9-11-16-34(43)49-22-12-19-38-52(44,45)35-23-30-31(37-6-2)25-39(20-13-21-48-4)53(46,47)36(30)51-35/h8,10,19,23,27-29,31-33,37,41-42H,5-7,9,11-18,20-22,24-25H2,1-4H3/b10-8-,38-19+/t27-,28+,29+,31-,32+,33-/m0/s1. The van der Waals surface area contributed by atoms with Crippen LogP contribution in [-0.2, 0) is 43.8 Å². The molecule has 0 aromatic carbocycles. The van der Waals surface area contributed by atoms with Crippen LogP contribution in [0, 0.1) is 11.8 Å². The lowest BCUT2D eigenvalue weighted by Gasteiger charge is -2.32. The zero-order valence-electron chi connectivity index (χ0n) is 31.5. The van der Waals surface area contributed by atoms with Crippen LogP contribution < -0.4 is 5.32 Å². The maximum Gasteiger partial charge on any atom is 0.305 e. The summed E-state index contributed by atoms with van der Waals surface area (Å²) in [5.41, 5.74) is 0.416. The predicted octanol–water partition coefficient (Wildman–Crippen LogP) is 4.51. The van der Waals surface area contributed by atoms with Crippen molar-refractivity contribution in [2.24, 2.45) is 16.2 Å². The summed E-state index contributed by atoms with van der Waals surface area (Å²) in [5, 5.41) is 24.3. The average Bonchev–Trinajstić information content (AvgIpc) is 3.69. The monoisotopic (exact) mass is 805 g/mol. The van der Waals surface area contributed by atoms with Crippen molar-refractivity contribution < 1.29 is 50.8 Å². The molecule has 2 heterocycles. The summed E-state index contributed by atoms with van der Waals surface area (Å²) >= 11 is 0.686. The summed E-state index contributed by atoms with van der Waals surface area (Å²) in [7, 11) is -6.52. The molecule has 53 heavy (non-hydrogen) atoms. The number of unbranched alkanes of at least 4 members (excludes halogenated alkanes) is 2. The molecule has 0 radical (unpaired) electrons. The highest BCUT2D eigenvalue weighted by atomic mass is 32.3. The minimum atomic E-state index is -4.18. The fraction of sp³-hybridized carbons (Fsp3) is 0.750. The van der Waals surface area contributed by atoms with Crippen molar-refractivity contribution in [2.45, 2.75) is 131 Å². The maximum atomic E-state index is 13.3. The van der Waals surface area contributed by atoms with Crippen LogP contribution in [0.3, 0.4) is 0 Å². The van der Waals surface area contributed by atoms with E-state index in [2.05, 4.69) is 16.6 Å². The van der Waals surface area contributed by atoms with Crippen molar-refractivity contribution in [3.8, 4) is 0 Å². The Morgan fingerprint density at radius 2 is 1.91 bits per heavy atom. The van der Waals surface area contributed by atoms with Gasteiger partial charge in [-0.3, -0.25) is 9.59 Å². The van der Waals surface area contributed by atoms with Crippen LogP contribution >= 0.6 is 11.3 Å². The average molecular weight is 806 g/mol. The molecule has 1 aliphatic heterocycles. The first-order chi connectivity index (χ1) is 25.2. The summed E-state index contributed by atoms with van der Waals surface area (Å²) in [6.45, 7) is 6.69. The lowest BCUT2D eigenvalue weighted by atomic mass is 9.85. The summed E-state index contributed by atoms with van der Waals surface area (Å²) < 4.78 is 73.4. The zero-order valence-corrected chi connectivity index (χ0v) is 33.9. The second-order valence-electron chi connectivity index (χ2n) is 13.7. The van der Waals surface area contributed by atoms with Crippen LogP contribution in [0.4, 0.5) is 0 Å². The number of nitrogens with zero attached hydrogens (tertiary/aromatic N) is 2. The molecule has 302 valence electrons. The van der Waals surface area contributed by atoms with Crippen LogP contribution in [0.15, 0.2) is 31.0 Å². The topological polar surface area (TPSA) is 198 Å². The number of ether oxygens (including phenoxy) is 3. The minimum absolute atomic E-state index is 0.00806. The number of fused-ring (bicyclic) bond motifs is 1. The smallest absolute Gasteiger partial charge is 0.305 e. The Labute approximate surface area is 319 Å². The van der Waals surface area contributed by atoms with Gasteiger partial charge in [-0.25, -0.2) is 8.42 Å². The van der Waals surface area contributed by atoms with Crippen molar-refractivity contribution in [1.29, 1.82) is 0 Å². The molecule has 1 aliphatic carbocycles. The van der Waals surface area contributed by atoms with Gasteiger partial charge >= 0.3 is 11.9 Å². The van der Waals surface area contributed by atoms with E-state index in [1.165, 1.54) is 17.3 Å². The quantitative estimate of drug-likeness (QED) is 0.0573. The van der Waals surface area contributed by atoms with E-state index in [0.29, 0.717) is 75.0 Å². The summed E-state index contributed by atoms with van der Waals surface area (Å²) in [5.74, 6) is -0.956. The molecule has 2 aliphatic rings. The van der Waals surface area contributed by atoms with Gasteiger partial charge in [0.2, 0.25) is 0 Å². The lowest BCUT2D eigenvalue weighted by Crippen LogP contribution is -2.43. The first-order valence-corrected chi connectivity index (χ1v) is 22.4. The second-order valence-corrected chi connectivity index (χ2v) is 18.7. The Balaban J connectivity index is 1.45. The molecule has 0 saturated heterocycles. The van der Waals surface area contributed by atoms with Gasteiger partial charge in [-0.2, -0.15) is 17.1 Å². The Bertz CT molecular complexity index is 1580. The molecule has 1 fully saturated rings. The number of carbonyl (C=O) groups is 2. The number of aliphatic hydroxyl groups excluding tert-OH is 2. The van der Waals surface area contributed by atoms with E-state index in [9.17, 15) is 36.6 Å². The Hall–Kier alpha value is -2.25.